The molecule has 2 N–H and O–H groups in total. The monoisotopic (exact) mass is 353 g/mol. The van der Waals surface area contributed by atoms with Crippen molar-refractivity contribution in [3.8, 4) is 22.0 Å². The smallest absolute Gasteiger partial charge is 0.229 e. The summed E-state index contributed by atoms with van der Waals surface area (Å²) in [4.78, 5) is 13.0. The van der Waals surface area contributed by atoms with Crippen LogP contribution in [0.4, 0.5) is 16.0 Å². The number of hydrogen-bond acceptors (Lipinski definition) is 6. The van der Waals surface area contributed by atoms with Crippen molar-refractivity contribution < 1.29 is 9.50 Å². The van der Waals surface area contributed by atoms with E-state index in [1.165, 1.54) is 17.1 Å². The lowest BCUT2D eigenvalue weighted by molar-refractivity contribution is 0.476. The molecular weight excluding hydrogens is 341 g/mol. The van der Waals surface area contributed by atoms with E-state index in [9.17, 15) is 9.50 Å². The molecule has 0 saturated carbocycles. The first-order valence-electron chi connectivity index (χ1n) is 7.35. The quantitative estimate of drug-likeness (QED) is 0.580. The minimum atomic E-state index is -0.557. The third-order valence-electron chi connectivity index (χ3n) is 3.45. The van der Waals surface area contributed by atoms with Gasteiger partial charge in [0.05, 0.1) is 6.20 Å². The fourth-order valence-electron chi connectivity index (χ4n) is 2.38. The average molecular weight is 353 g/mol. The Labute approximate surface area is 146 Å². The summed E-state index contributed by atoms with van der Waals surface area (Å²) < 4.78 is 15.4. The minimum Gasteiger partial charge on any atom is -0.508 e. The Balaban J connectivity index is 1.68. The van der Waals surface area contributed by atoms with Gasteiger partial charge in [0, 0.05) is 29.0 Å². The van der Waals surface area contributed by atoms with E-state index in [0.29, 0.717) is 5.69 Å². The number of thiophene rings is 1. The van der Waals surface area contributed by atoms with Gasteiger partial charge in [-0.3, -0.25) is 4.57 Å². The molecule has 0 aliphatic heterocycles. The maximum Gasteiger partial charge on any atom is 0.229 e. The highest BCUT2D eigenvalue weighted by Gasteiger charge is 2.10. The molecule has 0 atom stereocenters. The number of phenols is 1. The molecule has 124 valence electrons. The lowest BCUT2D eigenvalue weighted by Crippen LogP contribution is -2.04. The fraction of sp³-hybridized carbons (Fsp3) is 0. The number of nitrogens with zero attached hydrogens (tertiary/aromatic N) is 4. The molecule has 0 bridgehead atoms. The van der Waals surface area contributed by atoms with Crippen LogP contribution in [-0.2, 0) is 0 Å². The topological polar surface area (TPSA) is 75.9 Å². The molecule has 0 aliphatic rings. The van der Waals surface area contributed by atoms with Crippen molar-refractivity contribution in [3.63, 3.8) is 0 Å². The van der Waals surface area contributed by atoms with Crippen LogP contribution in [0.2, 0.25) is 0 Å². The Morgan fingerprint density at radius 2 is 2.16 bits per heavy atom. The molecule has 25 heavy (non-hydrogen) atoms. The lowest BCUT2D eigenvalue weighted by Gasteiger charge is -2.09. The predicted molar refractivity (Wildman–Crippen MR) is 93.8 cm³/mol. The Kier molecular flexibility index (Phi) is 3.87. The van der Waals surface area contributed by atoms with Crippen LogP contribution in [0.15, 0.2) is 60.6 Å². The summed E-state index contributed by atoms with van der Waals surface area (Å²) in [6.45, 7) is 0. The number of halogens is 1. The number of nitrogens with one attached hydrogen (secondary N) is 1. The van der Waals surface area contributed by atoms with Crippen LogP contribution in [0, 0.1) is 5.82 Å². The molecule has 4 aromatic rings. The standard InChI is InChI=1S/C17H12FN5OS/c18-14-9-20-17(22-16(14)23-4-3-19-10-23)21-12-6-11(7-13(24)8-12)15-2-1-5-25-15/h1-10,24H,(H,20,21,22). The second-order valence-electron chi connectivity index (χ2n) is 5.21. The number of benzene rings is 1. The van der Waals surface area contributed by atoms with Crippen LogP contribution < -0.4 is 5.32 Å². The van der Waals surface area contributed by atoms with Crippen molar-refractivity contribution in [1.29, 1.82) is 0 Å². The van der Waals surface area contributed by atoms with Crippen molar-refractivity contribution in [2.75, 3.05) is 5.32 Å². The van der Waals surface area contributed by atoms with E-state index in [1.54, 1.807) is 29.7 Å². The van der Waals surface area contributed by atoms with Crippen molar-refractivity contribution in [3.05, 3.63) is 66.4 Å². The lowest BCUT2D eigenvalue weighted by atomic mass is 10.1. The van der Waals surface area contributed by atoms with Gasteiger partial charge in [0.2, 0.25) is 5.95 Å². The first-order valence-corrected chi connectivity index (χ1v) is 8.23. The van der Waals surface area contributed by atoms with Crippen LogP contribution in [0.5, 0.6) is 5.75 Å². The number of hydrogen-bond donors (Lipinski definition) is 2. The zero-order chi connectivity index (χ0) is 17.2. The summed E-state index contributed by atoms with van der Waals surface area (Å²) in [6.07, 6.45) is 5.68. The van der Waals surface area contributed by atoms with Crippen LogP contribution in [0.3, 0.4) is 0 Å². The van der Waals surface area contributed by atoms with Gasteiger partial charge in [0.1, 0.15) is 12.1 Å². The normalized spacial score (nSPS) is 10.8. The third-order valence-corrected chi connectivity index (χ3v) is 4.37. The third kappa shape index (κ3) is 3.20. The first kappa shape index (κ1) is 15.3. The van der Waals surface area contributed by atoms with Gasteiger partial charge >= 0.3 is 0 Å². The second kappa shape index (κ2) is 6.33. The molecule has 3 aromatic heterocycles. The van der Waals surface area contributed by atoms with E-state index in [1.807, 2.05) is 23.6 Å². The number of aromatic hydroxyl groups is 1. The number of phenolic OH excluding ortho intramolecular Hbond substituents is 1. The number of anilines is 2. The Morgan fingerprint density at radius 1 is 1.24 bits per heavy atom. The van der Waals surface area contributed by atoms with Crippen LogP contribution >= 0.6 is 11.3 Å². The van der Waals surface area contributed by atoms with Crippen LogP contribution in [0.25, 0.3) is 16.3 Å². The SMILES string of the molecule is Oc1cc(Nc2ncc(F)c(-n3ccnc3)n2)cc(-c2cccs2)c1. The van der Waals surface area contributed by atoms with Crippen molar-refractivity contribution in [2.45, 2.75) is 0 Å². The van der Waals surface area contributed by atoms with E-state index in [0.717, 1.165) is 16.6 Å². The summed E-state index contributed by atoms with van der Waals surface area (Å²) in [5, 5.41) is 14.9. The van der Waals surface area contributed by atoms with Crippen molar-refractivity contribution in [2.24, 2.45) is 0 Å². The average Bonchev–Trinajstić information content (AvgIpc) is 3.30. The van der Waals surface area contributed by atoms with Gasteiger partial charge in [-0.15, -0.1) is 11.3 Å². The molecule has 0 saturated heterocycles. The van der Waals surface area contributed by atoms with E-state index < -0.39 is 5.82 Å². The van der Waals surface area contributed by atoms with Gasteiger partial charge in [-0.1, -0.05) is 6.07 Å². The number of aromatic nitrogens is 4. The second-order valence-corrected chi connectivity index (χ2v) is 6.15. The molecule has 4 rings (SSSR count). The largest absolute Gasteiger partial charge is 0.508 e. The summed E-state index contributed by atoms with van der Waals surface area (Å²) in [6, 6.07) is 9.02. The summed E-state index contributed by atoms with van der Waals surface area (Å²) in [7, 11) is 0. The highest BCUT2D eigenvalue weighted by molar-refractivity contribution is 7.13. The molecule has 0 fully saturated rings. The number of rotatable bonds is 4. The minimum absolute atomic E-state index is 0.0913. The molecule has 1 aromatic carbocycles. The van der Waals surface area contributed by atoms with Crippen LogP contribution in [0.1, 0.15) is 0 Å². The zero-order valence-corrected chi connectivity index (χ0v) is 13.6. The Morgan fingerprint density at radius 3 is 2.92 bits per heavy atom. The molecule has 3 heterocycles. The Hall–Kier alpha value is -3.26. The molecule has 8 heteroatoms. The van der Waals surface area contributed by atoms with E-state index in [-0.39, 0.29) is 17.5 Å². The Bertz CT molecular complexity index is 1000. The van der Waals surface area contributed by atoms with E-state index >= 15 is 0 Å². The van der Waals surface area contributed by atoms with Gasteiger partial charge < -0.3 is 10.4 Å². The van der Waals surface area contributed by atoms with Gasteiger partial charge in [0.25, 0.3) is 0 Å². The zero-order valence-electron chi connectivity index (χ0n) is 12.8. The van der Waals surface area contributed by atoms with E-state index in [2.05, 4.69) is 20.3 Å². The van der Waals surface area contributed by atoms with Gasteiger partial charge in [-0.25, -0.2) is 14.4 Å². The predicted octanol–water partition coefficient (Wildman–Crippen LogP) is 3.98. The van der Waals surface area contributed by atoms with Crippen molar-refractivity contribution in [1.82, 2.24) is 19.5 Å². The molecule has 0 spiro atoms. The highest BCUT2D eigenvalue weighted by atomic mass is 32.1. The number of imidazole rings is 1. The highest BCUT2D eigenvalue weighted by Crippen LogP contribution is 2.31. The van der Waals surface area contributed by atoms with Gasteiger partial charge in [-0.05, 0) is 29.1 Å². The summed E-state index contributed by atoms with van der Waals surface area (Å²) in [5.41, 5.74) is 1.47. The molecule has 6 nitrogen and oxygen atoms in total. The molecule has 0 unspecified atom stereocenters. The van der Waals surface area contributed by atoms with Gasteiger partial charge in [-0.2, -0.15) is 4.98 Å². The molecule has 0 aliphatic carbocycles. The van der Waals surface area contributed by atoms with Crippen molar-refractivity contribution >= 4 is 23.0 Å². The summed E-state index contributed by atoms with van der Waals surface area (Å²) in [5.74, 6) is -0.134. The maximum atomic E-state index is 13.9. The van der Waals surface area contributed by atoms with E-state index in [4.69, 9.17) is 0 Å². The molecule has 0 amide bonds. The first-order chi connectivity index (χ1) is 12.2. The maximum absolute atomic E-state index is 13.9. The molecule has 0 radical (unpaired) electrons. The molecular formula is C17H12FN5OS. The van der Waals surface area contributed by atoms with Gasteiger partial charge in [0.15, 0.2) is 11.6 Å². The fourth-order valence-corrected chi connectivity index (χ4v) is 3.10. The van der Waals surface area contributed by atoms with Crippen LogP contribution in [-0.4, -0.2) is 24.6 Å². The summed E-state index contributed by atoms with van der Waals surface area (Å²) >= 11 is 1.57.